The van der Waals surface area contributed by atoms with Crippen LogP contribution in [-0.4, -0.2) is 0 Å². The van der Waals surface area contributed by atoms with E-state index < -0.39 is 0 Å². The second-order valence-electron chi connectivity index (χ2n) is 3.30. The van der Waals surface area contributed by atoms with Gasteiger partial charge in [0.1, 0.15) is 5.82 Å². The van der Waals surface area contributed by atoms with E-state index in [1.165, 1.54) is 12.1 Å². The smallest absolute Gasteiger partial charge is 0.123 e. The predicted octanol–water partition coefficient (Wildman–Crippen LogP) is 4.46. The molecule has 2 aromatic rings. The van der Waals surface area contributed by atoms with Crippen LogP contribution in [0.2, 0.25) is 0 Å². The van der Waals surface area contributed by atoms with Gasteiger partial charge in [-0.1, -0.05) is 12.1 Å². The van der Waals surface area contributed by atoms with Crippen molar-refractivity contribution in [1.29, 1.82) is 0 Å². The fraction of sp³-hybridized carbons (Fsp3) is 0.0909. The average molecular weight is 365 g/mol. The zero-order valence-electron chi connectivity index (χ0n) is 8.08. The molecule has 1 nitrogen and oxygen atoms in total. The molecule has 1 heterocycles. The maximum Gasteiger partial charge on any atom is 0.123 e. The predicted molar refractivity (Wildman–Crippen MR) is 72.1 cm³/mol. The molecule has 0 bridgehead atoms. The maximum atomic E-state index is 13.1. The van der Waals surface area contributed by atoms with Gasteiger partial charge in [0.25, 0.3) is 0 Å². The van der Waals surface area contributed by atoms with Gasteiger partial charge in [0.15, 0.2) is 0 Å². The molecule has 0 amide bonds. The van der Waals surface area contributed by atoms with Crippen molar-refractivity contribution in [3.63, 3.8) is 0 Å². The largest absolute Gasteiger partial charge is 0.320 e. The standard InChI is InChI=1S/C11H8Br2FNS/c12-8-5-9(16-11(8)13)10(15)6-2-1-3-7(14)4-6/h1-5,10H,15H2. The Labute approximate surface area is 114 Å². The Hall–Kier alpha value is -0.230. The molecule has 1 aromatic carbocycles. The summed E-state index contributed by atoms with van der Waals surface area (Å²) >= 11 is 8.36. The van der Waals surface area contributed by atoms with Gasteiger partial charge in [0.2, 0.25) is 0 Å². The molecule has 0 aliphatic rings. The quantitative estimate of drug-likeness (QED) is 0.836. The van der Waals surface area contributed by atoms with Crippen molar-refractivity contribution in [2.24, 2.45) is 5.73 Å². The zero-order chi connectivity index (χ0) is 11.7. The van der Waals surface area contributed by atoms with E-state index >= 15 is 0 Å². The molecule has 5 heteroatoms. The van der Waals surface area contributed by atoms with Crippen LogP contribution in [0.1, 0.15) is 16.5 Å². The maximum absolute atomic E-state index is 13.1. The number of benzene rings is 1. The second-order valence-corrected chi connectivity index (χ2v) is 6.56. The number of nitrogens with two attached hydrogens (primary N) is 1. The van der Waals surface area contributed by atoms with Crippen molar-refractivity contribution in [2.75, 3.05) is 0 Å². The van der Waals surface area contributed by atoms with Crippen LogP contribution in [0.4, 0.5) is 4.39 Å². The molecule has 0 saturated heterocycles. The van der Waals surface area contributed by atoms with E-state index in [0.29, 0.717) is 0 Å². The number of rotatable bonds is 2. The van der Waals surface area contributed by atoms with Crippen molar-refractivity contribution >= 4 is 43.2 Å². The summed E-state index contributed by atoms with van der Waals surface area (Å²) in [5.41, 5.74) is 6.85. The minimum absolute atomic E-state index is 0.261. The second kappa shape index (κ2) is 4.96. The minimum Gasteiger partial charge on any atom is -0.320 e. The molecule has 0 spiro atoms. The minimum atomic E-state index is -0.289. The lowest BCUT2D eigenvalue weighted by atomic mass is 10.1. The first-order valence-corrected chi connectivity index (χ1v) is 6.94. The Morgan fingerprint density at radius 1 is 1.25 bits per heavy atom. The Morgan fingerprint density at radius 2 is 2.00 bits per heavy atom. The van der Waals surface area contributed by atoms with Crippen LogP contribution in [0.25, 0.3) is 0 Å². The Bertz CT molecular complexity index is 493. The van der Waals surface area contributed by atoms with E-state index in [1.807, 2.05) is 12.1 Å². The van der Waals surface area contributed by atoms with Crippen LogP contribution in [0, 0.1) is 5.82 Å². The Kier molecular flexibility index (Phi) is 3.79. The van der Waals surface area contributed by atoms with Crippen LogP contribution >= 0.6 is 43.2 Å². The topological polar surface area (TPSA) is 26.0 Å². The molecule has 0 saturated carbocycles. The summed E-state index contributed by atoms with van der Waals surface area (Å²) < 4.78 is 15.0. The third kappa shape index (κ3) is 2.53. The molecule has 84 valence electrons. The van der Waals surface area contributed by atoms with Gasteiger partial charge in [-0.25, -0.2) is 4.39 Å². The van der Waals surface area contributed by atoms with E-state index in [2.05, 4.69) is 31.9 Å². The summed E-state index contributed by atoms with van der Waals surface area (Å²) in [7, 11) is 0. The van der Waals surface area contributed by atoms with Gasteiger partial charge in [-0.2, -0.15) is 0 Å². The van der Waals surface area contributed by atoms with Crippen molar-refractivity contribution in [1.82, 2.24) is 0 Å². The summed E-state index contributed by atoms with van der Waals surface area (Å²) in [6, 6.07) is 8.04. The van der Waals surface area contributed by atoms with Gasteiger partial charge in [0.05, 0.1) is 9.83 Å². The van der Waals surface area contributed by atoms with Gasteiger partial charge in [-0.05, 0) is 55.6 Å². The summed E-state index contributed by atoms with van der Waals surface area (Å²) in [5, 5.41) is 0. The Balaban J connectivity index is 2.35. The van der Waals surface area contributed by atoms with E-state index in [9.17, 15) is 4.39 Å². The van der Waals surface area contributed by atoms with Crippen molar-refractivity contribution in [3.8, 4) is 0 Å². The van der Waals surface area contributed by atoms with Gasteiger partial charge in [0, 0.05) is 9.35 Å². The lowest BCUT2D eigenvalue weighted by molar-refractivity contribution is 0.624. The lowest BCUT2D eigenvalue weighted by Gasteiger charge is -2.09. The highest BCUT2D eigenvalue weighted by Gasteiger charge is 2.14. The monoisotopic (exact) mass is 363 g/mol. The van der Waals surface area contributed by atoms with Gasteiger partial charge in [-0.15, -0.1) is 11.3 Å². The van der Waals surface area contributed by atoms with Crippen LogP contribution in [-0.2, 0) is 0 Å². The average Bonchev–Trinajstić information content (AvgIpc) is 2.58. The SMILES string of the molecule is NC(c1cccc(F)c1)c1cc(Br)c(Br)s1. The number of hydrogen-bond acceptors (Lipinski definition) is 2. The first-order valence-electron chi connectivity index (χ1n) is 4.53. The van der Waals surface area contributed by atoms with Crippen molar-refractivity contribution < 1.29 is 4.39 Å². The first-order chi connectivity index (χ1) is 7.58. The molecule has 0 aliphatic carbocycles. The van der Waals surface area contributed by atoms with E-state index in [4.69, 9.17) is 5.73 Å². The molecule has 1 atom stereocenters. The van der Waals surface area contributed by atoms with Crippen LogP contribution in [0.15, 0.2) is 38.6 Å². The molecule has 16 heavy (non-hydrogen) atoms. The molecule has 0 aliphatic heterocycles. The van der Waals surface area contributed by atoms with Gasteiger partial charge in [-0.3, -0.25) is 0 Å². The fourth-order valence-electron chi connectivity index (χ4n) is 1.38. The molecule has 0 fully saturated rings. The third-order valence-electron chi connectivity index (χ3n) is 2.18. The molecular formula is C11H8Br2FNS. The van der Waals surface area contributed by atoms with Crippen molar-refractivity contribution in [2.45, 2.75) is 6.04 Å². The highest BCUT2D eigenvalue weighted by Crippen LogP contribution is 2.36. The number of thiophene rings is 1. The fourth-order valence-corrected chi connectivity index (χ4v) is 3.50. The summed E-state index contributed by atoms with van der Waals surface area (Å²) in [6.07, 6.45) is 0. The highest BCUT2D eigenvalue weighted by atomic mass is 79.9. The summed E-state index contributed by atoms with van der Waals surface area (Å²) in [5.74, 6) is -0.261. The molecular weight excluding hydrogens is 357 g/mol. The first kappa shape index (κ1) is 12.2. The zero-order valence-corrected chi connectivity index (χ0v) is 12.1. The molecule has 2 rings (SSSR count). The molecule has 0 radical (unpaired) electrons. The normalized spacial score (nSPS) is 12.8. The lowest BCUT2D eigenvalue weighted by Crippen LogP contribution is -2.10. The van der Waals surface area contributed by atoms with E-state index in [0.717, 1.165) is 18.7 Å². The summed E-state index contributed by atoms with van der Waals surface area (Å²) in [4.78, 5) is 0.990. The van der Waals surface area contributed by atoms with Crippen LogP contribution in [0.3, 0.4) is 0 Å². The van der Waals surface area contributed by atoms with Crippen molar-refractivity contribution in [3.05, 3.63) is 54.8 Å². The number of halogens is 3. The molecule has 1 aromatic heterocycles. The molecule has 1 unspecified atom stereocenters. The van der Waals surface area contributed by atoms with Crippen LogP contribution < -0.4 is 5.73 Å². The number of hydrogen-bond donors (Lipinski definition) is 1. The third-order valence-corrected chi connectivity index (χ3v) is 5.52. The van der Waals surface area contributed by atoms with E-state index in [1.54, 1.807) is 17.4 Å². The molecule has 2 N–H and O–H groups in total. The summed E-state index contributed by atoms with van der Waals surface area (Å²) in [6.45, 7) is 0. The van der Waals surface area contributed by atoms with Crippen LogP contribution in [0.5, 0.6) is 0 Å². The highest BCUT2D eigenvalue weighted by molar-refractivity contribution is 9.13. The Morgan fingerprint density at radius 3 is 2.56 bits per heavy atom. The van der Waals surface area contributed by atoms with Gasteiger partial charge < -0.3 is 5.73 Å². The van der Waals surface area contributed by atoms with E-state index in [-0.39, 0.29) is 11.9 Å². The van der Waals surface area contributed by atoms with Gasteiger partial charge >= 0.3 is 0 Å².